The van der Waals surface area contributed by atoms with Crippen LogP contribution in [-0.4, -0.2) is 19.5 Å². The van der Waals surface area contributed by atoms with Crippen LogP contribution < -0.4 is 0 Å². The van der Waals surface area contributed by atoms with Crippen molar-refractivity contribution in [1.82, 2.24) is 19.5 Å². The predicted molar refractivity (Wildman–Crippen MR) is 188 cm³/mol. The molecule has 0 saturated heterocycles. The summed E-state index contributed by atoms with van der Waals surface area (Å²) in [6.07, 6.45) is 13.5. The molecule has 5 heterocycles. The summed E-state index contributed by atoms with van der Waals surface area (Å²) in [5.74, 6) is 0. The van der Waals surface area contributed by atoms with Crippen molar-refractivity contribution < 1.29 is 0 Å². The zero-order valence-electron chi connectivity index (χ0n) is 26.7. The van der Waals surface area contributed by atoms with Crippen LogP contribution in [0.1, 0.15) is 118 Å². The summed E-state index contributed by atoms with van der Waals surface area (Å²) in [7, 11) is 0. The first kappa shape index (κ1) is 33.7. The van der Waals surface area contributed by atoms with E-state index in [9.17, 15) is 0 Å². The lowest BCUT2D eigenvalue weighted by Crippen LogP contribution is -1.99. The van der Waals surface area contributed by atoms with Gasteiger partial charge in [-0.25, -0.2) is 9.97 Å². The molecule has 3 aromatic heterocycles. The van der Waals surface area contributed by atoms with Gasteiger partial charge < -0.3 is 9.55 Å². The van der Waals surface area contributed by atoms with Crippen LogP contribution in [0.25, 0.3) is 45.9 Å². The summed E-state index contributed by atoms with van der Waals surface area (Å²) in [6, 6.07) is 4.45. The van der Waals surface area contributed by atoms with E-state index in [-0.39, 0.29) is 24.8 Å². The molecule has 6 heteroatoms. The van der Waals surface area contributed by atoms with E-state index >= 15 is 0 Å². The molecule has 2 aliphatic heterocycles. The van der Waals surface area contributed by atoms with Gasteiger partial charge in [-0.2, -0.15) is 0 Å². The Bertz CT molecular complexity index is 1680. The Morgan fingerprint density at radius 3 is 1.64 bits per heavy atom. The van der Waals surface area contributed by atoms with Gasteiger partial charge >= 0.3 is 0 Å². The minimum absolute atomic E-state index is 0. The zero-order valence-corrected chi connectivity index (χ0v) is 28.3. The molecule has 0 spiro atoms. The number of hydrogen-bond donors (Lipinski definition) is 1. The minimum Gasteiger partial charge on any atom is -0.354 e. The summed E-state index contributed by atoms with van der Waals surface area (Å²) in [6.45, 7) is 19.3. The van der Waals surface area contributed by atoms with E-state index in [1.165, 1.54) is 61.0 Å². The number of halogens is 2. The average molecular weight is 608 g/mol. The third-order valence-electron chi connectivity index (χ3n) is 8.86. The number of fused-ring (bicyclic) bond motifs is 8. The Labute approximate surface area is 264 Å². The molecule has 0 radical (unpaired) electrons. The maximum absolute atomic E-state index is 5.22. The maximum atomic E-state index is 5.22. The van der Waals surface area contributed by atoms with Crippen LogP contribution in [0.5, 0.6) is 0 Å². The number of hydrogen-bond acceptors (Lipinski definition) is 2. The first-order chi connectivity index (χ1) is 19.5. The second-order valence-corrected chi connectivity index (χ2v) is 10.8. The third-order valence-corrected chi connectivity index (χ3v) is 8.86. The Balaban J connectivity index is 0.00000242. The molecular weight excluding hydrogens is 559 g/mol. The highest BCUT2D eigenvalue weighted by molar-refractivity contribution is 5.90. The van der Waals surface area contributed by atoms with Gasteiger partial charge in [0.2, 0.25) is 0 Å². The van der Waals surface area contributed by atoms with Gasteiger partial charge in [0.1, 0.15) is 0 Å². The van der Waals surface area contributed by atoms with Gasteiger partial charge in [-0.15, -0.1) is 24.8 Å². The number of aromatic amines is 1. The SMILES string of the molecule is CCC1=Cc2cc3nc(cc4c(CC)c(CC)c(c(CC)c5[nH]c(c(CC)c1n2)c(CC)c5CC)n4CC)C=C3.Cl.Cl. The predicted octanol–water partition coefficient (Wildman–Crippen LogP) is 10.1. The highest BCUT2D eigenvalue weighted by atomic mass is 35.5. The largest absolute Gasteiger partial charge is 0.354 e. The van der Waals surface area contributed by atoms with Crippen LogP contribution in [0.2, 0.25) is 0 Å². The summed E-state index contributed by atoms with van der Waals surface area (Å²) in [5.41, 5.74) is 19.4. The third kappa shape index (κ3) is 5.49. The van der Waals surface area contributed by atoms with Crippen molar-refractivity contribution in [3.63, 3.8) is 0 Å². The Morgan fingerprint density at radius 1 is 0.571 bits per heavy atom. The van der Waals surface area contributed by atoms with Crippen molar-refractivity contribution >= 4 is 70.7 Å². The van der Waals surface area contributed by atoms with Crippen LogP contribution in [0.3, 0.4) is 0 Å². The molecule has 2 aliphatic rings. The van der Waals surface area contributed by atoms with Gasteiger partial charge in [0.05, 0.1) is 22.8 Å². The number of aromatic nitrogens is 4. The normalized spacial score (nSPS) is 12.2. The lowest BCUT2D eigenvalue weighted by molar-refractivity contribution is 0.816. The highest BCUT2D eigenvalue weighted by Crippen LogP contribution is 2.36. The van der Waals surface area contributed by atoms with Crippen molar-refractivity contribution in [1.29, 1.82) is 0 Å². The molecule has 1 N–H and O–H groups in total. The van der Waals surface area contributed by atoms with E-state index in [1.54, 1.807) is 0 Å². The average Bonchev–Trinajstić information content (AvgIpc) is 3.73. The number of nitrogens with one attached hydrogen (secondary N) is 1. The molecule has 42 heavy (non-hydrogen) atoms. The number of nitrogens with zero attached hydrogens (tertiary/aromatic N) is 3. The van der Waals surface area contributed by atoms with Crippen LogP contribution in [0, 0.1) is 0 Å². The molecule has 0 saturated carbocycles. The van der Waals surface area contributed by atoms with Crippen molar-refractivity contribution in [3.05, 3.63) is 68.3 Å². The van der Waals surface area contributed by atoms with Crippen LogP contribution in [0.15, 0.2) is 12.1 Å². The van der Waals surface area contributed by atoms with Gasteiger partial charge in [-0.05, 0) is 116 Å². The topological polar surface area (TPSA) is 46.5 Å². The molecule has 3 aromatic rings. The van der Waals surface area contributed by atoms with Crippen LogP contribution in [-0.2, 0) is 45.1 Å². The second-order valence-electron chi connectivity index (χ2n) is 10.8. The molecule has 4 nitrogen and oxygen atoms in total. The van der Waals surface area contributed by atoms with E-state index in [4.69, 9.17) is 9.97 Å². The van der Waals surface area contributed by atoms with Crippen molar-refractivity contribution in [2.75, 3.05) is 0 Å². The number of rotatable bonds is 8. The number of allylic oxidation sites excluding steroid dienone is 1. The molecule has 0 fully saturated rings. The molecular formula is C36H48Cl2N4. The maximum Gasteiger partial charge on any atom is 0.0722 e. The summed E-state index contributed by atoms with van der Waals surface area (Å²) >= 11 is 0. The zero-order chi connectivity index (χ0) is 28.6. The summed E-state index contributed by atoms with van der Waals surface area (Å²) in [5, 5.41) is 0. The standard InChI is InChI=1S/C36H46N4.2ClH/c1-9-22-19-25-20-23-17-18-24(37-23)21-32-26(10-2)29(13-5)36(40(32)16-8)31(15-7)35-28(12-4)27(11-3)34(39-35)30(14-6)33(22)38-25;;/h17-21,39H,9-16H2,1-8H3;2*1H. The van der Waals surface area contributed by atoms with Crippen molar-refractivity contribution in [2.24, 2.45) is 0 Å². The minimum atomic E-state index is 0. The summed E-state index contributed by atoms with van der Waals surface area (Å²) in [4.78, 5) is 14.3. The van der Waals surface area contributed by atoms with E-state index in [2.05, 4.69) is 95.3 Å². The molecule has 0 unspecified atom stereocenters. The number of aryl methyl sites for hydroxylation is 7. The fourth-order valence-electron chi connectivity index (χ4n) is 7.09. The Morgan fingerprint density at radius 2 is 1.12 bits per heavy atom. The van der Waals surface area contributed by atoms with Gasteiger partial charge in [-0.1, -0.05) is 48.5 Å². The number of H-pyrrole nitrogens is 1. The van der Waals surface area contributed by atoms with Gasteiger partial charge in [0, 0.05) is 34.2 Å². The first-order valence-electron chi connectivity index (χ1n) is 15.7. The lowest BCUT2D eigenvalue weighted by Gasteiger charge is -2.09. The monoisotopic (exact) mass is 606 g/mol. The van der Waals surface area contributed by atoms with E-state index < -0.39 is 0 Å². The van der Waals surface area contributed by atoms with Crippen molar-refractivity contribution in [3.8, 4) is 0 Å². The smallest absolute Gasteiger partial charge is 0.0722 e. The van der Waals surface area contributed by atoms with E-state index in [0.29, 0.717) is 0 Å². The van der Waals surface area contributed by atoms with Crippen LogP contribution in [0.4, 0.5) is 0 Å². The fourth-order valence-corrected chi connectivity index (χ4v) is 7.09. The van der Waals surface area contributed by atoms with Crippen LogP contribution >= 0.6 is 24.8 Å². The first-order valence-corrected chi connectivity index (χ1v) is 15.7. The quantitative estimate of drug-likeness (QED) is 0.217. The van der Waals surface area contributed by atoms with Gasteiger partial charge in [0.25, 0.3) is 0 Å². The molecule has 226 valence electrons. The second kappa shape index (κ2) is 14.1. The van der Waals surface area contributed by atoms with Crippen molar-refractivity contribution in [2.45, 2.75) is 107 Å². The molecule has 0 atom stereocenters. The molecule has 0 aromatic carbocycles. The van der Waals surface area contributed by atoms with E-state index in [1.807, 2.05) is 0 Å². The van der Waals surface area contributed by atoms with Gasteiger partial charge in [-0.3, -0.25) is 0 Å². The Hall–Kier alpha value is -2.82. The molecule has 0 aliphatic carbocycles. The molecule has 8 bridgehead atoms. The van der Waals surface area contributed by atoms with Gasteiger partial charge in [0.15, 0.2) is 0 Å². The summed E-state index contributed by atoms with van der Waals surface area (Å²) < 4.78 is 2.57. The Kier molecular flexibility index (Phi) is 11.3. The fraction of sp³-hybridized carbons (Fsp3) is 0.444. The molecule has 5 rings (SSSR count). The lowest BCUT2D eigenvalue weighted by atomic mass is 9.97. The molecule has 0 amide bonds. The van der Waals surface area contributed by atoms with E-state index in [0.717, 1.165) is 74.3 Å². The highest BCUT2D eigenvalue weighted by Gasteiger charge is 2.22.